The molecule has 1 aliphatic rings. The molecule has 1 unspecified atom stereocenters. The summed E-state index contributed by atoms with van der Waals surface area (Å²) in [6, 6.07) is -1.73. The highest BCUT2D eigenvalue weighted by atomic mass is 16.5. The minimum atomic E-state index is -1.26. The number of hydrogen-bond acceptors (Lipinski definition) is 4. The van der Waals surface area contributed by atoms with Crippen LogP contribution >= 0.6 is 0 Å². The van der Waals surface area contributed by atoms with Crippen molar-refractivity contribution in [1.82, 2.24) is 10.2 Å². The zero-order valence-electron chi connectivity index (χ0n) is 11.2. The van der Waals surface area contributed by atoms with Gasteiger partial charge in [0.2, 0.25) is 0 Å². The van der Waals surface area contributed by atoms with Gasteiger partial charge in [0.1, 0.15) is 0 Å². The molecule has 1 aliphatic heterocycles. The molecule has 0 radical (unpaired) electrons. The number of aliphatic hydroxyl groups excluding tert-OH is 1. The number of carboxylic acids is 1. The molecular weight excluding hydrogens is 252 g/mol. The van der Waals surface area contributed by atoms with Crippen molar-refractivity contribution in [2.24, 2.45) is 0 Å². The molecule has 1 rings (SSSR count). The predicted octanol–water partition coefficient (Wildman–Crippen LogP) is 0.0325. The second-order valence-electron chi connectivity index (χ2n) is 4.60. The third-order valence-electron chi connectivity index (χ3n) is 3.00. The molecule has 1 heterocycles. The maximum absolute atomic E-state index is 11.9. The number of amides is 2. The Morgan fingerprint density at radius 1 is 1.53 bits per heavy atom. The lowest BCUT2D eigenvalue weighted by molar-refractivity contribution is -0.140. The topological polar surface area (TPSA) is 99.1 Å². The summed E-state index contributed by atoms with van der Waals surface area (Å²) in [5, 5.41) is 19.9. The van der Waals surface area contributed by atoms with E-state index in [1.807, 2.05) is 6.92 Å². The fraction of sp³-hybridized carbons (Fsp3) is 0.833. The lowest BCUT2D eigenvalue weighted by Crippen LogP contribution is -2.53. The minimum absolute atomic E-state index is 0.0110. The maximum Gasteiger partial charge on any atom is 0.328 e. The minimum Gasteiger partial charge on any atom is -0.480 e. The Balaban J connectivity index is 2.45. The van der Waals surface area contributed by atoms with Crippen LogP contribution < -0.4 is 5.32 Å². The van der Waals surface area contributed by atoms with E-state index >= 15 is 0 Å². The van der Waals surface area contributed by atoms with Crippen molar-refractivity contribution < 1.29 is 24.5 Å². The van der Waals surface area contributed by atoms with Crippen LogP contribution in [0, 0.1) is 0 Å². The van der Waals surface area contributed by atoms with E-state index in [1.54, 1.807) is 0 Å². The molecule has 19 heavy (non-hydrogen) atoms. The van der Waals surface area contributed by atoms with Crippen molar-refractivity contribution in [3.63, 3.8) is 0 Å². The number of urea groups is 1. The van der Waals surface area contributed by atoms with Crippen LogP contribution in [0.15, 0.2) is 0 Å². The number of hydrogen-bond donors (Lipinski definition) is 3. The number of carboxylic acid groups (broad SMARTS) is 1. The van der Waals surface area contributed by atoms with Gasteiger partial charge in [-0.05, 0) is 19.3 Å². The van der Waals surface area contributed by atoms with Crippen LogP contribution in [0.5, 0.6) is 0 Å². The molecule has 0 saturated carbocycles. The van der Waals surface area contributed by atoms with Crippen molar-refractivity contribution in [2.45, 2.75) is 38.3 Å². The van der Waals surface area contributed by atoms with Gasteiger partial charge in [0.25, 0.3) is 0 Å². The summed E-state index contributed by atoms with van der Waals surface area (Å²) in [5.74, 6) is -1.24. The fourth-order valence-corrected chi connectivity index (χ4v) is 1.97. The molecular formula is C12H22N2O5. The van der Waals surface area contributed by atoms with Gasteiger partial charge in [-0.3, -0.25) is 0 Å². The van der Waals surface area contributed by atoms with E-state index in [0.717, 1.165) is 19.3 Å². The highest BCUT2D eigenvalue weighted by Gasteiger charge is 2.27. The molecule has 110 valence electrons. The number of carbonyl (C=O) groups is 2. The van der Waals surface area contributed by atoms with Gasteiger partial charge in [-0.1, -0.05) is 6.92 Å². The summed E-state index contributed by atoms with van der Waals surface area (Å²) in [6.45, 7) is 3.10. The highest BCUT2D eigenvalue weighted by molar-refractivity contribution is 5.82. The van der Waals surface area contributed by atoms with Crippen molar-refractivity contribution in [3.8, 4) is 0 Å². The molecule has 0 spiro atoms. The van der Waals surface area contributed by atoms with E-state index in [0.29, 0.717) is 19.7 Å². The van der Waals surface area contributed by atoms with Crippen molar-refractivity contribution in [1.29, 1.82) is 0 Å². The molecule has 3 N–H and O–H groups in total. The Morgan fingerprint density at radius 3 is 2.84 bits per heavy atom. The van der Waals surface area contributed by atoms with Crippen LogP contribution in [0.25, 0.3) is 0 Å². The number of piperidine rings is 1. The molecule has 0 bridgehead atoms. The largest absolute Gasteiger partial charge is 0.480 e. The Morgan fingerprint density at radius 2 is 2.26 bits per heavy atom. The number of rotatable bonds is 6. The van der Waals surface area contributed by atoms with E-state index in [9.17, 15) is 9.59 Å². The highest BCUT2D eigenvalue weighted by Crippen LogP contribution is 2.13. The quantitative estimate of drug-likeness (QED) is 0.635. The number of aliphatic hydroxyl groups is 1. The lowest BCUT2D eigenvalue weighted by atomic mass is 10.1. The van der Waals surface area contributed by atoms with Crippen molar-refractivity contribution >= 4 is 12.0 Å². The first kappa shape index (κ1) is 15.7. The van der Waals surface area contributed by atoms with Crippen LogP contribution in [0.1, 0.15) is 26.2 Å². The molecule has 1 saturated heterocycles. The van der Waals surface area contributed by atoms with Crippen LogP contribution in [0.2, 0.25) is 0 Å². The number of carbonyl (C=O) groups excluding carboxylic acids is 1. The Labute approximate surface area is 112 Å². The molecule has 7 nitrogen and oxygen atoms in total. The Bertz CT molecular complexity index is 310. The third kappa shape index (κ3) is 5.04. The standard InChI is InChI=1S/C12H22N2O5/c1-2-6-19-9-4-3-5-14(7-9)12(18)13-10(8-15)11(16)17/h9-10,15H,2-8H2,1H3,(H,13,18)(H,16,17)/t9?,10-/m1/s1. The number of likely N-dealkylation sites (tertiary alicyclic amines) is 1. The molecule has 0 aromatic carbocycles. The fourth-order valence-electron chi connectivity index (χ4n) is 1.97. The summed E-state index contributed by atoms with van der Waals surface area (Å²) >= 11 is 0. The van der Waals surface area contributed by atoms with Gasteiger partial charge in [-0.25, -0.2) is 9.59 Å². The zero-order valence-corrected chi connectivity index (χ0v) is 11.2. The van der Waals surface area contributed by atoms with Crippen LogP contribution in [-0.2, 0) is 9.53 Å². The van der Waals surface area contributed by atoms with Crippen LogP contribution in [0.4, 0.5) is 4.79 Å². The second-order valence-corrected chi connectivity index (χ2v) is 4.60. The lowest BCUT2D eigenvalue weighted by Gasteiger charge is -2.33. The van der Waals surface area contributed by atoms with Crippen LogP contribution in [0.3, 0.4) is 0 Å². The van der Waals surface area contributed by atoms with Gasteiger partial charge in [-0.15, -0.1) is 0 Å². The van der Waals surface area contributed by atoms with E-state index in [-0.39, 0.29) is 6.10 Å². The summed E-state index contributed by atoms with van der Waals surface area (Å²) < 4.78 is 5.60. The summed E-state index contributed by atoms with van der Waals surface area (Å²) in [5.41, 5.74) is 0. The zero-order chi connectivity index (χ0) is 14.3. The van der Waals surface area contributed by atoms with Crippen molar-refractivity contribution in [3.05, 3.63) is 0 Å². The SMILES string of the molecule is CCCOC1CCCN(C(=O)N[C@H](CO)C(=O)O)C1. The molecule has 2 atom stereocenters. The first-order chi connectivity index (χ1) is 9.08. The van der Waals surface area contributed by atoms with Gasteiger partial charge in [0, 0.05) is 19.7 Å². The number of ether oxygens (including phenoxy) is 1. The normalized spacial score (nSPS) is 20.9. The number of nitrogens with one attached hydrogen (secondary N) is 1. The maximum atomic E-state index is 11.9. The predicted molar refractivity (Wildman–Crippen MR) is 67.9 cm³/mol. The number of aliphatic carboxylic acids is 1. The average Bonchev–Trinajstić information content (AvgIpc) is 2.42. The van der Waals surface area contributed by atoms with E-state index < -0.39 is 24.6 Å². The molecule has 0 aromatic heterocycles. The van der Waals surface area contributed by atoms with Crippen molar-refractivity contribution in [2.75, 3.05) is 26.3 Å². The molecule has 0 aliphatic carbocycles. The smallest absolute Gasteiger partial charge is 0.328 e. The summed E-state index contributed by atoms with van der Waals surface area (Å²) in [6.07, 6.45) is 2.68. The van der Waals surface area contributed by atoms with Gasteiger partial charge >= 0.3 is 12.0 Å². The molecule has 0 aromatic rings. The Hall–Kier alpha value is -1.34. The molecule has 2 amide bonds. The van der Waals surface area contributed by atoms with E-state index in [4.69, 9.17) is 14.9 Å². The number of nitrogens with zero attached hydrogens (tertiary/aromatic N) is 1. The van der Waals surface area contributed by atoms with Crippen LogP contribution in [-0.4, -0.2) is 65.6 Å². The monoisotopic (exact) mass is 274 g/mol. The molecule has 1 fully saturated rings. The van der Waals surface area contributed by atoms with Gasteiger partial charge < -0.3 is 25.2 Å². The van der Waals surface area contributed by atoms with Gasteiger partial charge in [-0.2, -0.15) is 0 Å². The first-order valence-electron chi connectivity index (χ1n) is 6.59. The van der Waals surface area contributed by atoms with E-state index in [1.165, 1.54) is 4.90 Å². The average molecular weight is 274 g/mol. The summed E-state index contributed by atoms with van der Waals surface area (Å²) in [7, 11) is 0. The first-order valence-corrected chi connectivity index (χ1v) is 6.59. The van der Waals surface area contributed by atoms with E-state index in [2.05, 4.69) is 5.32 Å². The second kappa shape index (κ2) is 7.96. The third-order valence-corrected chi connectivity index (χ3v) is 3.00. The van der Waals surface area contributed by atoms with Gasteiger partial charge in [0.15, 0.2) is 6.04 Å². The Kier molecular flexibility index (Phi) is 6.58. The summed E-state index contributed by atoms with van der Waals surface area (Å²) in [4.78, 5) is 24.1. The molecule has 7 heteroatoms. The van der Waals surface area contributed by atoms with Gasteiger partial charge in [0.05, 0.1) is 12.7 Å².